The van der Waals surface area contributed by atoms with E-state index in [0.717, 1.165) is 0 Å². The van der Waals surface area contributed by atoms with Crippen LogP contribution >= 0.6 is 0 Å². The van der Waals surface area contributed by atoms with E-state index < -0.39 is 16.8 Å². The first kappa shape index (κ1) is 25.2. The SMILES string of the molecule is COC(=O)C1=C(Nc2cc(ON=C(C)c3ccccc3OC)cc([N+](=O)[O-])c2)C(=O)N(CCO)C1. The molecule has 2 N–H and O–H groups in total. The van der Waals surface area contributed by atoms with Gasteiger partial charge < -0.3 is 29.6 Å². The van der Waals surface area contributed by atoms with Crippen LogP contribution in [0.2, 0.25) is 0 Å². The fourth-order valence-electron chi connectivity index (χ4n) is 3.42. The van der Waals surface area contributed by atoms with Gasteiger partial charge in [-0.25, -0.2) is 4.79 Å². The first-order valence-electron chi connectivity index (χ1n) is 10.4. The van der Waals surface area contributed by atoms with Crippen molar-refractivity contribution in [3.8, 4) is 11.5 Å². The van der Waals surface area contributed by atoms with Crippen LogP contribution in [0, 0.1) is 10.1 Å². The number of β-amino-alcohol motifs (C(OH)–C–C–N with tert-alkyl or cyclic N) is 1. The summed E-state index contributed by atoms with van der Waals surface area (Å²) in [6, 6.07) is 10.9. The smallest absolute Gasteiger partial charge is 0.337 e. The molecule has 12 heteroatoms. The number of oxime groups is 1. The summed E-state index contributed by atoms with van der Waals surface area (Å²) in [4.78, 5) is 42.5. The first-order valence-corrected chi connectivity index (χ1v) is 10.4. The Morgan fingerprint density at radius 1 is 1.26 bits per heavy atom. The summed E-state index contributed by atoms with van der Waals surface area (Å²) in [5.74, 6) is -0.694. The molecule has 0 saturated heterocycles. The third kappa shape index (κ3) is 5.73. The number of aliphatic hydroxyl groups excluding tert-OH is 1. The van der Waals surface area contributed by atoms with Gasteiger partial charge >= 0.3 is 5.97 Å². The van der Waals surface area contributed by atoms with Crippen LogP contribution < -0.4 is 14.9 Å². The van der Waals surface area contributed by atoms with Crippen molar-refractivity contribution in [3.05, 3.63) is 69.4 Å². The second-order valence-electron chi connectivity index (χ2n) is 7.36. The van der Waals surface area contributed by atoms with Gasteiger partial charge in [-0.05, 0) is 19.1 Å². The lowest BCUT2D eigenvalue weighted by molar-refractivity contribution is -0.384. The lowest BCUT2D eigenvalue weighted by Crippen LogP contribution is -2.31. The van der Waals surface area contributed by atoms with E-state index in [1.807, 2.05) is 0 Å². The number of hydrogen-bond acceptors (Lipinski definition) is 10. The number of carbonyl (C=O) groups is 2. The average molecular weight is 484 g/mol. The molecule has 12 nitrogen and oxygen atoms in total. The summed E-state index contributed by atoms with van der Waals surface area (Å²) >= 11 is 0. The molecule has 35 heavy (non-hydrogen) atoms. The Kier molecular flexibility index (Phi) is 8.00. The van der Waals surface area contributed by atoms with Crippen molar-refractivity contribution in [1.82, 2.24) is 4.90 Å². The van der Waals surface area contributed by atoms with Gasteiger partial charge in [-0.2, -0.15) is 0 Å². The number of benzene rings is 2. The second kappa shape index (κ2) is 11.1. The molecule has 1 amide bonds. The number of aliphatic hydroxyl groups is 1. The van der Waals surface area contributed by atoms with E-state index in [2.05, 4.69) is 10.5 Å². The van der Waals surface area contributed by atoms with Crippen LogP contribution in [-0.2, 0) is 14.3 Å². The average Bonchev–Trinajstić information content (AvgIpc) is 3.16. The molecule has 0 unspecified atom stereocenters. The van der Waals surface area contributed by atoms with E-state index in [1.165, 1.54) is 37.3 Å². The zero-order valence-electron chi connectivity index (χ0n) is 19.3. The number of nitrogens with zero attached hydrogens (tertiary/aromatic N) is 3. The highest BCUT2D eigenvalue weighted by atomic mass is 16.6. The van der Waals surface area contributed by atoms with Crippen LogP contribution in [-0.4, -0.2) is 66.4 Å². The zero-order valence-corrected chi connectivity index (χ0v) is 19.3. The predicted octanol–water partition coefficient (Wildman–Crippen LogP) is 2.08. The fraction of sp³-hybridized carbons (Fsp3) is 0.261. The van der Waals surface area contributed by atoms with Gasteiger partial charge in [0.05, 0.1) is 49.6 Å². The molecule has 1 heterocycles. The van der Waals surface area contributed by atoms with E-state index in [1.54, 1.807) is 31.2 Å². The standard InChI is InChI=1S/C23H24N4O8/c1-14(18-6-4-5-7-20(18)33-2)25-35-17-11-15(10-16(12-17)27(31)32)24-21-19(23(30)34-3)13-26(8-9-28)22(21)29/h4-7,10-12,24,28H,8-9,13H2,1-3H3. The zero-order chi connectivity index (χ0) is 25.5. The molecule has 0 spiro atoms. The van der Waals surface area contributed by atoms with E-state index in [4.69, 9.17) is 14.3 Å². The third-order valence-corrected chi connectivity index (χ3v) is 5.11. The number of hydrogen-bond donors (Lipinski definition) is 2. The summed E-state index contributed by atoms with van der Waals surface area (Å²) in [6.07, 6.45) is 0. The Morgan fingerprint density at radius 2 is 2.00 bits per heavy atom. The molecule has 3 rings (SSSR count). The van der Waals surface area contributed by atoms with E-state index in [9.17, 15) is 24.8 Å². The minimum Gasteiger partial charge on any atom is -0.496 e. The molecule has 0 bridgehead atoms. The number of esters is 1. The largest absolute Gasteiger partial charge is 0.496 e. The van der Waals surface area contributed by atoms with Crippen LogP contribution in [0.15, 0.2) is 58.9 Å². The highest BCUT2D eigenvalue weighted by Gasteiger charge is 2.34. The van der Waals surface area contributed by atoms with Gasteiger partial charge in [0.25, 0.3) is 11.6 Å². The summed E-state index contributed by atoms with van der Waals surface area (Å²) < 4.78 is 10.1. The number of ether oxygens (including phenoxy) is 2. The van der Waals surface area contributed by atoms with Crippen molar-refractivity contribution >= 4 is 29.0 Å². The van der Waals surface area contributed by atoms with Gasteiger partial charge in [-0.1, -0.05) is 17.3 Å². The van der Waals surface area contributed by atoms with Crippen LogP contribution in [0.1, 0.15) is 12.5 Å². The van der Waals surface area contributed by atoms with Gasteiger partial charge in [-0.3, -0.25) is 14.9 Å². The maximum Gasteiger partial charge on any atom is 0.337 e. The number of non-ortho nitro benzene ring substituents is 1. The maximum atomic E-state index is 12.8. The number of nitro groups is 1. The molecule has 2 aromatic rings. The molecule has 2 aromatic carbocycles. The van der Waals surface area contributed by atoms with Gasteiger partial charge in [-0.15, -0.1) is 0 Å². The normalized spacial score (nSPS) is 13.7. The molecule has 0 atom stereocenters. The topological polar surface area (TPSA) is 153 Å². The van der Waals surface area contributed by atoms with Crippen LogP contribution in [0.4, 0.5) is 11.4 Å². The molecule has 0 radical (unpaired) electrons. The number of carbonyl (C=O) groups excluding carboxylic acids is 2. The number of nitrogens with one attached hydrogen (secondary N) is 1. The van der Waals surface area contributed by atoms with E-state index in [0.29, 0.717) is 17.0 Å². The molecule has 184 valence electrons. The summed E-state index contributed by atoms with van der Waals surface area (Å²) in [5, 5.41) is 27.5. The lowest BCUT2D eigenvalue weighted by atomic mass is 10.1. The molecular weight excluding hydrogens is 460 g/mol. The second-order valence-corrected chi connectivity index (χ2v) is 7.36. The van der Waals surface area contributed by atoms with Crippen molar-refractivity contribution in [1.29, 1.82) is 0 Å². The summed E-state index contributed by atoms with van der Waals surface area (Å²) in [5.41, 5.74) is 0.857. The highest BCUT2D eigenvalue weighted by Crippen LogP contribution is 2.30. The van der Waals surface area contributed by atoms with E-state index in [-0.39, 0.29) is 48.1 Å². The molecule has 0 fully saturated rings. The van der Waals surface area contributed by atoms with Crippen molar-refractivity contribution in [3.63, 3.8) is 0 Å². The Morgan fingerprint density at radius 3 is 2.66 bits per heavy atom. The van der Waals surface area contributed by atoms with Gasteiger partial charge in [0.15, 0.2) is 5.75 Å². The quantitative estimate of drug-likeness (QED) is 0.223. The number of para-hydroxylation sites is 1. The highest BCUT2D eigenvalue weighted by molar-refractivity contribution is 6.08. The minimum atomic E-state index is -0.736. The number of methoxy groups -OCH3 is 2. The summed E-state index contributed by atoms with van der Waals surface area (Å²) in [7, 11) is 2.70. The Bertz CT molecular complexity index is 1210. The molecule has 0 aliphatic carbocycles. The van der Waals surface area contributed by atoms with Crippen molar-refractivity contribution < 1.29 is 33.9 Å². The summed E-state index contributed by atoms with van der Waals surface area (Å²) in [6.45, 7) is 1.32. The number of amides is 1. The fourth-order valence-corrected chi connectivity index (χ4v) is 3.42. The van der Waals surface area contributed by atoms with Crippen molar-refractivity contribution in [2.24, 2.45) is 5.16 Å². The van der Waals surface area contributed by atoms with Crippen LogP contribution in [0.5, 0.6) is 11.5 Å². The van der Waals surface area contributed by atoms with Crippen molar-refractivity contribution in [2.45, 2.75) is 6.92 Å². The Balaban J connectivity index is 1.94. The number of anilines is 1. The Labute approximate surface area is 200 Å². The Hall–Kier alpha value is -4.45. The first-order chi connectivity index (χ1) is 16.8. The molecule has 0 saturated carbocycles. The lowest BCUT2D eigenvalue weighted by Gasteiger charge is -2.15. The van der Waals surface area contributed by atoms with Gasteiger partial charge in [0, 0.05) is 29.9 Å². The maximum absolute atomic E-state index is 12.8. The molecule has 1 aliphatic rings. The minimum absolute atomic E-state index is 0.00471. The van der Waals surface area contributed by atoms with Crippen LogP contribution in [0.3, 0.4) is 0 Å². The molecule has 1 aliphatic heterocycles. The number of rotatable bonds is 10. The predicted molar refractivity (Wildman–Crippen MR) is 125 cm³/mol. The monoisotopic (exact) mass is 484 g/mol. The van der Waals surface area contributed by atoms with Gasteiger partial charge in [0.1, 0.15) is 11.4 Å². The van der Waals surface area contributed by atoms with Gasteiger partial charge in [0.2, 0.25) is 0 Å². The van der Waals surface area contributed by atoms with Crippen LogP contribution in [0.25, 0.3) is 0 Å². The molecular formula is C23H24N4O8. The third-order valence-electron chi connectivity index (χ3n) is 5.11. The number of nitro benzene ring substituents is 1. The molecule has 0 aromatic heterocycles. The van der Waals surface area contributed by atoms with Crippen molar-refractivity contribution in [2.75, 3.05) is 39.2 Å². The van der Waals surface area contributed by atoms with E-state index >= 15 is 0 Å².